The van der Waals surface area contributed by atoms with E-state index in [0.29, 0.717) is 52.6 Å². The maximum atomic E-state index is 14.8. The predicted molar refractivity (Wildman–Crippen MR) is 276 cm³/mol. The standard InChI is InChI=1S/C27H30FN7O2.C26H28FN7O2.Li.H2O/c1-37-23(36)14-17-9-12-34(13-10-17)19-6-7-22(30-15-19)32-27-31-16-21-20-8-11-29-25(28)24(20)35(26(21)33-27)18-4-2-3-5-18;27-24-23-19(7-10-28-24)20-15-30-26(32-25(20)34(23)17-3-1-2-4-17)31-21-6-5-18(14-29-21)33-11-8-16(9-12-33)13-22(35)36;;/h6-8,11,15-18H,2-5,9-10,12-14H2,1H3,(H,30,31,32,33);5-7,10,14-17H,1-4,8-9,11-13H2,(H,35,36)(H,29,30,31,32);;1H2/q;;+1;/p-1. The average molecular weight is 1020 g/mol. The van der Waals surface area contributed by atoms with Crippen molar-refractivity contribution in [2.45, 2.75) is 102 Å². The van der Waals surface area contributed by atoms with E-state index in [1.54, 1.807) is 12.4 Å². The van der Waals surface area contributed by atoms with Crippen molar-refractivity contribution in [3.63, 3.8) is 0 Å². The number of hydrogen-bond acceptors (Lipinski definition) is 16. The van der Waals surface area contributed by atoms with E-state index in [1.165, 1.54) is 19.5 Å². The Morgan fingerprint density at radius 3 is 1.40 bits per heavy atom. The Morgan fingerprint density at radius 2 is 1.01 bits per heavy atom. The summed E-state index contributed by atoms with van der Waals surface area (Å²) in [6, 6.07) is 11.9. The minimum absolute atomic E-state index is 0. The SMILES string of the molecule is COC(=O)CC1CCN(c2ccc(Nc3ncc4c5ccnc(F)c5n(C5CCCC5)c4n3)nc2)CC1.O=C(O)CC1CCN(c2ccc(Nc3ncc4c5ccnc(F)c5n(C5CCCC5)c4n3)nc2)CC1.[Li+].[OH-]. The van der Waals surface area contributed by atoms with Gasteiger partial charge in [-0.3, -0.25) is 9.59 Å². The number of carboxylic acid groups (broad SMARTS) is 1. The molecule has 0 aromatic carbocycles. The van der Waals surface area contributed by atoms with Crippen LogP contribution in [0.4, 0.5) is 43.7 Å². The molecule has 386 valence electrons. The number of nitrogens with one attached hydrogen (secondary N) is 2. The first kappa shape index (κ1) is 52.8. The van der Waals surface area contributed by atoms with E-state index in [1.807, 2.05) is 57.9 Å². The molecule has 4 N–H and O–H groups in total. The molecule has 19 nitrogen and oxygen atoms in total. The number of hydrogen-bond donors (Lipinski definition) is 3. The van der Waals surface area contributed by atoms with E-state index >= 15 is 0 Å². The molecule has 0 atom stereocenters. The van der Waals surface area contributed by atoms with E-state index in [0.717, 1.165) is 142 Å². The summed E-state index contributed by atoms with van der Waals surface area (Å²) in [7, 11) is 1.44. The number of carbonyl (C=O) groups is 2. The van der Waals surface area contributed by atoms with Crippen molar-refractivity contribution in [1.82, 2.24) is 49.0 Å². The summed E-state index contributed by atoms with van der Waals surface area (Å²) in [6.45, 7) is 3.41. The summed E-state index contributed by atoms with van der Waals surface area (Å²) in [4.78, 5) is 62.6. The van der Waals surface area contributed by atoms with Gasteiger partial charge in [-0.25, -0.2) is 29.9 Å². The third kappa shape index (κ3) is 11.2. The number of pyridine rings is 4. The quantitative estimate of drug-likeness (QED) is 0.0632. The fourth-order valence-electron chi connectivity index (χ4n) is 11.5. The number of aromatic nitrogens is 10. The van der Waals surface area contributed by atoms with Gasteiger partial charge in [0.05, 0.1) is 30.9 Å². The third-order valence-electron chi connectivity index (χ3n) is 15.3. The van der Waals surface area contributed by atoms with Crippen LogP contribution in [0.5, 0.6) is 0 Å². The van der Waals surface area contributed by atoms with Crippen molar-refractivity contribution < 1.29 is 52.6 Å². The molecule has 2 aliphatic carbocycles. The minimum atomic E-state index is -0.726. The van der Waals surface area contributed by atoms with Crippen LogP contribution in [0.25, 0.3) is 43.9 Å². The monoisotopic (exact) mass is 1020 g/mol. The van der Waals surface area contributed by atoms with E-state index < -0.39 is 17.9 Å². The molecule has 0 amide bonds. The van der Waals surface area contributed by atoms with Crippen molar-refractivity contribution in [2.75, 3.05) is 53.7 Å². The number of esters is 1. The van der Waals surface area contributed by atoms with Gasteiger partial charge in [-0.1, -0.05) is 25.7 Å². The van der Waals surface area contributed by atoms with Crippen LogP contribution < -0.4 is 39.3 Å². The topological polar surface area (TPSA) is 237 Å². The van der Waals surface area contributed by atoms with Gasteiger partial charge in [0.2, 0.25) is 23.8 Å². The number of carbonyl (C=O) groups excluding carboxylic acids is 1. The average Bonchev–Trinajstić information content (AvgIpc) is 4.26. The van der Waals surface area contributed by atoms with Crippen LogP contribution in [-0.2, 0) is 14.3 Å². The molecule has 75 heavy (non-hydrogen) atoms. The Morgan fingerprint density at radius 1 is 0.587 bits per heavy atom. The smallest absolute Gasteiger partial charge is 0.870 e. The largest absolute Gasteiger partial charge is 1.00 e. The van der Waals surface area contributed by atoms with Gasteiger partial charge in [-0.15, -0.1) is 0 Å². The first-order valence-electron chi connectivity index (χ1n) is 25.5. The number of ether oxygens (including phenoxy) is 1. The summed E-state index contributed by atoms with van der Waals surface area (Å²) in [6.07, 6.45) is 23.0. The van der Waals surface area contributed by atoms with Crippen LogP contribution in [0.2, 0.25) is 0 Å². The first-order valence-corrected chi connectivity index (χ1v) is 25.5. The van der Waals surface area contributed by atoms with Gasteiger partial charge in [0, 0.05) is 97.4 Å². The molecule has 10 heterocycles. The Hall–Kier alpha value is -7.08. The van der Waals surface area contributed by atoms with Gasteiger partial charge in [0.25, 0.3) is 0 Å². The van der Waals surface area contributed by atoms with Crippen LogP contribution in [0, 0.1) is 23.7 Å². The van der Waals surface area contributed by atoms with Crippen LogP contribution in [0.3, 0.4) is 0 Å². The second kappa shape index (κ2) is 23.2. The van der Waals surface area contributed by atoms with Gasteiger partial charge in [0.15, 0.2) is 0 Å². The van der Waals surface area contributed by atoms with Gasteiger partial charge in [0.1, 0.15) is 34.0 Å². The number of rotatable bonds is 12. The summed E-state index contributed by atoms with van der Waals surface area (Å²) in [5, 5.41) is 18.6. The molecule has 2 aliphatic heterocycles. The Kier molecular flexibility index (Phi) is 16.3. The molecule has 22 heteroatoms. The molecule has 0 unspecified atom stereocenters. The zero-order chi connectivity index (χ0) is 50.0. The summed E-state index contributed by atoms with van der Waals surface area (Å²) in [5.41, 5.74) is 4.49. The van der Waals surface area contributed by atoms with Crippen molar-refractivity contribution >= 4 is 90.7 Å². The molecule has 8 aromatic heterocycles. The zero-order valence-corrected chi connectivity index (χ0v) is 42.2. The Bertz CT molecular complexity index is 3280. The van der Waals surface area contributed by atoms with Crippen molar-refractivity contribution in [1.29, 1.82) is 0 Å². The number of methoxy groups -OCH3 is 1. The molecular formula is C53H59F2LiN14O5. The van der Waals surface area contributed by atoms with Crippen LogP contribution in [0.15, 0.2) is 73.6 Å². The Labute approximate surface area is 443 Å². The van der Waals surface area contributed by atoms with E-state index in [4.69, 9.17) is 19.8 Å². The normalized spacial score (nSPS) is 16.7. The summed E-state index contributed by atoms with van der Waals surface area (Å²) >= 11 is 0. The number of halogens is 2. The minimum Gasteiger partial charge on any atom is -0.870 e. The van der Waals surface area contributed by atoms with Gasteiger partial charge < -0.3 is 44.9 Å². The molecule has 0 spiro atoms. The number of aliphatic carboxylic acids is 1. The predicted octanol–water partition coefficient (Wildman–Crippen LogP) is 7.04. The molecule has 0 radical (unpaired) electrons. The number of carboxylic acids is 1. The van der Waals surface area contributed by atoms with Gasteiger partial charge in [-0.2, -0.15) is 18.7 Å². The summed E-state index contributed by atoms with van der Waals surface area (Å²) < 4.78 is 38.5. The fourth-order valence-corrected chi connectivity index (χ4v) is 11.5. The molecule has 12 rings (SSSR count). The maximum absolute atomic E-state index is 14.8. The zero-order valence-electron chi connectivity index (χ0n) is 42.2. The second-order valence-electron chi connectivity index (χ2n) is 19.8. The van der Waals surface area contributed by atoms with Gasteiger partial charge >= 0.3 is 30.8 Å². The van der Waals surface area contributed by atoms with Crippen molar-refractivity contribution in [3.05, 3.63) is 85.5 Å². The van der Waals surface area contributed by atoms with Crippen molar-refractivity contribution in [2.24, 2.45) is 11.8 Å². The molecule has 4 aliphatic rings. The molecule has 8 aromatic rings. The second-order valence-corrected chi connectivity index (χ2v) is 19.8. The number of fused-ring (bicyclic) bond motifs is 6. The summed E-state index contributed by atoms with van der Waals surface area (Å²) in [5.74, 6) is 0.893. The van der Waals surface area contributed by atoms with E-state index in [9.17, 15) is 18.4 Å². The molecule has 4 fully saturated rings. The number of piperidine rings is 2. The number of nitrogens with zero attached hydrogens (tertiary/aromatic N) is 12. The Balaban J connectivity index is 0.000000179. The van der Waals surface area contributed by atoms with Crippen molar-refractivity contribution in [3.8, 4) is 0 Å². The third-order valence-corrected chi connectivity index (χ3v) is 15.3. The molecule has 2 saturated heterocycles. The molecule has 2 saturated carbocycles. The molecular weight excluding hydrogens is 958 g/mol. The van der Waals surface area contributed by atoms with E-state index in [-0.39, 0.29) is 54.7 Å². The van der Waals surface area contributed by atoms with Gasteiger partial charge in [-0.05, 0) is 99.6 Å². The fraction of sp³-hybridized carbons (Fsp3) is 0.434. The van der Waals surface area contributed by atoms with E-state index in [2.05, 4.69) is 50.3 Å². The maximum Gasteiger partial charge on any atom is 1.00 e. The van der Waals surface area contributed by atoms with Crippen LogP contribution >= 0.6 is 0 Å². The molecule has 0 bridgehead atoms. The van der Waals surface area contributed by atoms with Crippen LogP contribution in [-0.4, -0.2) is 105 Å². The number of anilines is 6. The first-order chi connectivity index (χ1) is 35.7. The van der Waals surface area contributed by atoms with Crippen LogP contribution in [0.1, 0.15) is 102 Å².